The van der Waals surface area contributed by atoms with Gasteiger partial charge in [0.15, 0.2) is 0 Å². The van der Waals surface area contributed by atoms with E-state index < -0.39 is 0 Å². The van der Waals surface area contributed by atoms with Crippen LogP contribution in [0, 0.1) is 0 Å². The van der Waals surface area contributed by atoms with E-state index in [2.05, 4.69) is 77.4 Å². The summed E-state index contributed by atoms with van der Waals surface area (Å²) in [6.07, 6.45) is 0. The summed E-state index contributed by atoms with van der Waals surface area (Å²) in [7, 11) is 0. The monoisotopic (exact) mass is 320 g/mol. The minimum atomic E-state index is 0.994. The number of rotatable bonds is 2. The van der Waals surface area contributed by atoms with Gasteiger partial charge in [0, 0.05) is 22.0 Å². The molecule has 5 aromatic rings. The predicted octanol–water partition coefficient (Wildman–Crippen LogP) is 5.85. The Kier molecular flexibility index (Phi) is 3.14. The number of benzene rings is 3. The summed E-state index contributed by atoms with van der Waals surface area (Å²) in [6.45, 7) is 0. The maximum absolute atomic E-state index is 5.02. The Morgan fingerprint density at radius 2 is 1.24 bits per heavy atom. The second-order valence-corrected chi connectivity index (χ2v) is 6.12. The van der Waals surface area contributed by atoms with Crippen molar-refractivity contribution in [3.05, 3.63) is 97.1 Å². The second kappa shape index (κ2) is 5.60. The molecule has 0 saturated heterocycles. The van der Waals surface area contributed by atoms with Gasteiger partial charge < -0.3 is 0 Å². The molecule has 0 aliphatic carbocycles. The Balaban J connectivity index is 1.88. The maximum Gasteiger partial charge on any atom is 0.146 e. The molecule has 0 N–H and O–H groups in total. The molecule has 2 aromatic heterocycles. The van der Waals surface area contributed by atoms with Crippen LogP contribution in [0.1, 0.15) is 0 Å². The maximum atomic E-state index is 5.02. The number of nitrogens with zero attached hydrogens (tertiary/aromatic N) is 2. The molecule has 5 rings (SSSR count). The van der Waals surface area contributed by atoms with Gasteiger partial charge in [-0.25, -0.2) is 4.98 Å². The summed E-state index contributed by atoms with van der Waals surface area (Å²) < 4.78 is 2.25. The van der Waals surface area contributed by atoms with Crippen molar-refractivity contribution >= 4 is 21.9 Å². The normalized spacial score (nSPS) is 11.2. The molecule has 0 aliphatic rings. The van der Waals surface area contributed by atoms with Crippen LogP contribution in [0.2, 0.25) is 0 Å². The molecule has 25 heavy (non-hydrogen) atoms. The lowest BCUT2D eigenvalue weighted by atomic mass is 10.1. The van der Waals surface area contributed by atoms with E-state index in [1.165, 1.54) is 16.3 Å². The van der Waals surface area contributed by atoms with Gasteiger partial charge in [-0.05, 0) is 30.3 Å². The van der Waals surface area contributed by atoms with Crippen LogP contribution < -0.4 is 0 Å². The third-order valence-electron chi connectivity index (χ3n) is 4.61. The molecule has 3 aromatic carbocycles. The molecule has 0 atom stereocenters. The Morgan fingerprint density at radius 1 is 0.560 bits per heavy atom. The molecule has 0 bridgehead atoms. The third kappa shape index (κ3) is 2.23. The van der Waals surface area contributed by atoms with Crippen LogP contribution in [-0.2, 0) is 0 Å². The SMILES string of the molecule is c1ccc(-c2ccc3c4ccccc4n(-c4ccccc4)c3n2)cc1. The second-order valence-electron chi connectivity index (χ2n) is 6.12. The summed E-state index contributed by atoms with van der Waals surface area (Å²) in [5, 5.41) is 2.41. The highest BCUT2D eigenvalue weighted by atomic mass is 15.0. The fourth-order valence-electron chi connectivity index (χ4n) is 3.45. The minimum Gasteiger partial charge on any atom is -0.294 e. The average molecular weight is 320 g/mol. The highest BCUT2D eigenvalue weighted by Crippen LogP contribution is 2.32. The van der Waals surface area contributed by atoms with E-state index in [0.29, 0.717) is 0 Å². The third-order valence-corrected chi connectivity index (χ3v) is 4.61. The van der Waals surface area contributed by atoms with Gasteiger partial charge in [-0.1, -0.05) is 66.7 Å². The van der Waals surface area contributed by atoms with E-state index in [1.807, 2.05) is 24.3 Å². The molecule has 2 heterocycles. The molecule has 2 heteroatoms. The van der Waals surface area contributed by atoms with E-state index in [9.17, 15) is 0 Å². The Labute approximate surface area is 146 Å². The van der Waals surface area contributed by atoms with Gasteiger partial charge in [0.05, 0.1) is 11.2 Å². The molecular formula is C23H16N2. The lowest BCUT2D eigenvalue weighted by molar-refractivity contribution is 1.14. The van der Waals surface area contributed by atoms with Crippen LogP contribution in [0.25, 0.3) is 38.9 Å². The smallest absolute Gasteiger partial charge is 0.146 e. The zero-order valence-corrected chi connectivity index (χ0v) is 13.6. The van der Waals surface area contributed by atoms with Gasteiger partial charge >= 0.3 is 0 Å². The van der Waals surface area contributed by atoms with Crippen molar-refractivity contribution in [1.82, 2.24) is 9.55 Å². The molecule has 0 saturated carbocycles. The molecule has 2 nitrogen and oxygen atoms in total. The molecule has 0 spiro atoms. The van der Waals surface area contributed by atoms with Crippen LogP contribution in [0.5, 0.6) is 0 Å². The summed E-state index contributed by atoms with van der Waals surface area (Å²) in [6, 6.07) is 33.6. The van der Waals surface area contributed by atoms with Crippen molar-refractivity contribution < 1.29 is 0 Å². The summed E-state index contributed by atoms with van der Waals surface area (Å²) in [5.41, 5.74) is 5.43. The van der Waals surface area contributed by atoms with Crippen LogP contribution in [-0.4, -0.2) is 9.55 Å². The molecule has 0 fully saturated rings. The van der Waals surface area contributed by atoms with E-state index in [-0.39, 0.29) is 0 Å². The zero-order chi connectivity index (χ0) is 16.6. The van der Waals surface area contributed by atoms with E-state index in [4.69, 9.17) is 4.98 Å². The fraction of sp³-hybridized carbons (Fsp3) is 0. The van der Waals surface area contributed by atoms with E-state index in [0.717, 1.165) is 22.6 Å². The summed E-state index contributed by atoms with van der Waals surface area (Å²) >= 11 is 0. The van der Waals surface area contributed by atoms with Crippen molar-refractivity contribution in [2.75, 3.05) is 0 Å². The standard InChI is InChI=1S/C23H16N2/c1-3-9-17(10-4-1)21-16-15-20-19-13-7-8-14-22(19)25(23(20)24-21)18-11-5-2-6-12-18/h1-16H. The first kappa shape index (κ1) is 14.0. The lowest BCUT2D eigenvalue weighted by Crippen LogP contribution is -1.95. The quantitative estimate of drug-likeness (QED) is 0.399. The number of para-hydroxylation sites is 2. The van der Waals surface area contributed by atoms with Crippen LogP contribution in [0.3, 0.4) is 0 Å². The molecule has 0 aliphatic heterocycles. The van der Waals surface area contributed by atoms with Gasteiger partial charge in [-0.15, -0.1) is 0 Å². The van der Waals surface area contributed by atoms with E-state index >= 15 is 0 Å². The topological polar surface area (TPSA) is 17.8 Å². The van der Waals surface area contributed by atoms with Crippen molar-refractivity contribution in [3.63, 3.8) is 0 Å². The zero-order valence-electron chi connectivity index (χ0n) is 13.6. The van der Waals surface area contributed by atoms with Gasteiger partial charge in [0.25, 0.3) is 0 Å². The highest BCUT2D eigenvalue weighted by Gasteiger charge is 2.13. The Morgan fingerprint density at radius 3 is 2.04 bits per heavy atom. The van der Waals surface area contributed by atoms with Crippen molar-refractivity contribution in [3.8, 4) is 16.9 Å². The first-order valence-electron chi connectivity index (χ1n) is 8.43. The average Bonchev–Trinajstić information content (AvgIpc) is 3.03. The van der Waals surface area contributed by atoms with Gasteiger partial charge in [0.2, 0.25) is 0 Å². The Bertz CT molecular complexity index is 1170. The van der Waals surface area contributed by atoms with Gasteiger partial charge in [-0.2, -0.15) is 0 Å². The minimum absolute atomic E-state index is 0.994. The lowest BCUT2D eigenvalue weighted by Gasteiger charge is -2.07. The van der Waals surface area contributed by atoms with Gasteiger partial charge in [-0.3, -0.25) is 4.57 Å². The first-order valence-corrected chi connectivity index (χ1v) is 8.43. The predicted molar refractivity (Wildman–Crippen MR) is 104 cm³/mol. The number of pyridine rings is 1. The number of hydrogen-bond donors (Lipinski definition) is 0. The number of hydrogen-bond acceptors (Lipinski definition) is 1. The number of aromatic nitrogens is 2. The molecule has 0 radical (unpaired) electrons. The van der Waals surface area contributed by atoms with Crippen molar-refractivity contribution in [2.24, 2.45) is 0 Å². The molecule has 118 valence electrons. The highest BCUT2D eigenvalue weighted by molar-refractivity contribution is 6.08. The van der Waals surface area contributed by atoms with Crippen LogP contribution in [0.15, 0.2) is 97.1 Å². The molecule has 0 unspecified atom stereocenters. The molecular weight excluding hydrogens is 304 g/mol. The van der Waals surface area contributed by atoms with Crippen LogP contribution >= 0.6 is 0 Å². The molecule has 0 amide bonds. The van der Waals surface area contributed by atoms with Crippen LogP contribution in [0.4, 0.5) is 0 Å². The Hall–Kier alpha value is -3.39. The summed E-state index contributed by atoms with van der Waals surface area (Å²) in [4.78, 5) is 5.02. The first-order chi connectivity index (χ1) is 12.4. The van der Waals surface area contributed by atoms with Gasteiger partial charge in [0.1, 0.15) is 5.65 Å². The van der Waals surface area contributed by atoms with E-state index in [1.54, 1.807) is 0 Å². The summed E-state index contributed by atoms with van der Waals surface area (Å²) in [5.74, 6) is 0. The number of fused-ring (bicyclic) bond motifs is 3. The van der Waals surface area contributed by atoms with Crippen molar-refractivity contribution in [1.29, 1.82) is 0 Å². The van der Waals surface area contributed by atoms with Crippen molar-refractivity contribution in [2.45, 2.75) is 0 Å². The largest absolute Gasteiger partial charge is 0.294 e. The fourth-order valence-corrected chi connectivity index (χ4v) is 3.45.